The molecule has 2 aromatic rings. The van der Waals surface area contributed by atoms with E-state index in [0.717, 1.165) is 0 Å². The van der Waals surface area contributed by atoms with Gasteiger partial charge in [0.1, 0.15) is 5.69 Å². The van der Waals surface area contributed by atoms with Crippen molar-refractivity contribution in [3.8, 4) is 22.8 Å². The highest BCUT2D eigenvalue weighted by Crippen LogP contribution is 2.46. The highest BCUT2D eigenvalue weighted by Gasteiger charge is 2.28. The number of fused-ring (bicyclic) bond motifs is 1. The SMILES string of the molecule is Nc1c(F)c(-c2ccc(Cl)c3c2OCO3)nc(C(=O)O)c1Cl. The van der Waals surface area contributed by atoms with Crippen LogP contribution in [0.3, 0.4) is 0 Å². The summed E-state index contributed by atoms with van der Waals surface area (Å²) in [6.45, 7) is -0.0947. The second-order valence-corrected chi connectivity index (χ2v) is 5.10. The van der Waals surface area contributed by atoms with Crippen LogP contribution in [0.5, 0.6) is 11.5 Å². The Labute approximate surface area is 133 Å². The van der Waals surface area contributed by atoms with E-state index in [9.17, 15) is 9.18 Å². The number of carboxylic acid groups (broad SMARTS) is 1. The van der Waals surface area contributed by atoms with Gasteiger partial charge in [-0.2, -0.15) is 0 Å². The molecule has 0 spiro atoms. The topological polar surface area (TPSA) is 94.7 Å². The number of halogens is 3. The first kappa shape index (κ1) is 14.7. The van der Waals surface area contributed by atoms with Gasteiger partial charge in [-0.25, -0.2) is 14.2 Å². The van der Waals surface area contributed by atoms with Crippen LogP contribution in [0.15, 0.2) is 12.1 Å². The quantitative estimate of drug-likeness (QED) is 0.868. The number of ether oxygens (including phenoxy) is 2. The van der Waals surface area contributed by atoms with Crippen molar-refractivity contribution < 1.29 is 23.8 Å². The van der Waals surface area contributed by atoms with Crippen LogP contribution in [0.25, 0.3) is 11.3 Å². The second-order valence-electron chi connectivity index (χ2n) is 4.32. The van der Waals surface area contributed by atoms with Crippen LogP contribution < -0.4 is 15.2 Å². The largest absolute Gasteiger partial charge is 0.476 e. The molecule has 1 aliphatic heterocycles. The molecule has 0 unspecified atom stereocenters. The van der Waals surface area contributed by atoms with E-state index in [1.807, 2.05) is 0 Å². The van der Waals surface area contributed by atoms with E-state index in [0.29, 0.717) is 0 Å². The molecule has 114 valence electrons. The molecule has 3 N–H and O–H groups in total. The molecule has 0 saturated heterocycles. The van der Waals surface area contributed by atoms with E-state index in [-0.39, 0.29) is 34.6 Å². The Morgan fingerprint density at radius 3 is 2.68 bits per heavy atom. The van der Waals surface area contributed by atoms with Crippen LogP contribution in [-0.4, -0.2) is 22.9 Å². The summed E-state index contributed by atoms with van der Waals surface area (Å²) in [4.78, 5) is 14.9. The summed E-state index contributed by atoms with van der Waals surface area (Å²) in [6.07, 6.45) is 0. The zero-order chi connectivity index (χ0) is 16.0. The minimum Gasteiger partial charge on any atom is -0.476 e. The van der Waals surface area contributed by atoms with Gasteiger partial charge in [-0.3, -0.25) is 0 Å². The molecule has 0 radical (unpaired) electrons. The average Bonchev–Trinajstić information content (AvgIpc) is 2.96. The molecule has 2 heterocycles. The highest BCUT2D eigenvalue weighted by molar-refractivity contribution is 6.35. The Kier molecular flexibility index (Phi) is 3.46. The van der Waals surface area contributed by atoms with Crippen LogP contribution in [0, 0.1) is 5.82 Å². The van der Waals surface area contributed by atoms with Gasteiger partial charge < -0.3 is 20.3 Å². The number of hydrogen-bond donors (Lipinski definition) is 2. The number of carboxylic acids is 1. The smallest absolute Gasteiger partial charge is 0.356 e. The summed E-state index contributed by atoms with van der Waals surface area (Å²) in [5, 5.41) is 8.90. The molecular weight excluding hydrogens is 338 g/mol. The molecule has 6 nitrogen and oxygen atoms in total. The lowest BCUT2D eigenvalue weighted by Gasteiger charge is -2.11. The zero-order valence-corrected chi connectivity index (χ0v) is 12.2. The van der Waals surface area contributed by atoms with E-state index < -0.39 is 28.2 Å². The number of rotatable bonds is 2. The van der Waals surface area contributed by atoms with Gasteiger partial charge in [-0.05, 0) is 12.1 Å². The minimum absolute atomic E-state index is 0.0947. The summed E-state index contributed by atoms with van der Waals surface area (Å²) in [7, 11) is 0. The summed E-state index contributed by atoms with van der Waals surface area (Å²) in [5.41, 5.74) is 4.32. The molecule has 0 bridgehead atoms. The maximum absolute atomic E-state index is 14.4. The predicted octanol–water partition coefficient (Wildman–Crippen LogP) is 3.20. The van der Waals surface area contributed by atoms with Crippen molar-refractivity contribution in [1.29, 1.82) is 0 Å². The van der Waals surface area contributed by atoms with Crippen LogP contribution in [0.1, 0.15) is 10.5 Å². The molecular formula is C13H7Cl2FN2O4. The molecule has 1 aromatic heterocycles. The van der Waals surface area contributed by atoms with Crippen molar-refractivity contribution in [2.45, 2.75) is 0 Å². The number of aromatic carboxylic acids is 1. The van der Waals surface area contributed by atoms with Crippen LogP contribution in [0.4, 0.5) is 10.1 Å². The molecule has 0 amide bonds. The average molecular weight is 345 g/mol. The number of benzene rings is 1. The fourth-order valence-electron chi connectivity index (χ4n) is 2.03. The van der Waals surface area contributed by atoms with Crippen molar-refractivity contribution in [2.24, 2.45) is 0 Å². The van der Waals surface area contributed by atoms with E-state index in [1.165, 1.54) is 12.1 Å². The van der Waals surface area contributed by atoms with Crippen LogP contribution >= 0.6 is 23.2 Å². The third kappa shape index (κ3) is 2.10. The van der Waals surface area contributed by atoms with Crippen LogP contribution in [0.2, 0.25) is 10.0 Å². The molecule has 22 heavy (non-hydrogen) atoms. The normalized spacial score (nSPS) is 12.5. The summed E-state index contributed by atoms with van der Waals surface area (Å²) < 4.78 is 24.8. The van der Waals surface area contributed by atoms with E-state index in [2.05, 4.69) is 4.98 Å². The number of hydrogen-bond acceptors (Lipinski definition) is 5. The monoisotopic (exact) mass is 344 g/mol. The lowest BCUT2D eigenvalue weighted by Crippen LogP contribution is -2.08. The fourth-order valence-corrected chi connectivity index (χ4v) is 2.44. The van der Waals surface area contributed by atoms with Gasteiger partial charge in [0.15, 0.2) is 23.0 Å². The van der Waals surface area contributed by atoms with Gasteiger partial charge in [0.25, 0.3) is 0 Å². The van der Waals surface area contributed by atoms with Gasteiger partial charge in [-0.15, -0.1) is 0 Å². The summed E-state index contributed by atoms with van der Waals surface area (Å²) in [6, 6.07) is 2.89. The van der Waals surface area contributed by atoms with E-state index in [4.69, 9.17) is 43.5 Å². The first-order valence-electron chi connectivity index (χ1n) is 5.88. The molecule has 9 heteroatoms. The number of nitrogen functional groups attached to an aromatic ring is 1. The Morgan fingerprint density at radius 2 is 2.00 bits per heavy atom. The van der Waals surface area contributed by atoms with Crippen LogP contribution in [-0.2, 0) is 0 Å². The third-order valence-corrected chi connectivity index (χ3v) is 3.72. The number of aromatic nitrogens is 1. The van der Waals surface area contributed by atoms with Gasteiger partial charge in [-0.1, -0.05) is 23.2 Å². The number of carbonyl (C=O) groups is 1. The van der Waals surface area contributed by atoms with Gasteiger partial charge in [0.2, 0.25) is 6.79 Å². The van der Waals surface area contributed by atoms with E-state index >= 15 is 0 Å². The second kappa shape index (κ2) is 5.19. The Hall–Kier alpha value is -2.25. The van der Waals surface area contributed by atoms with Crippen molar-refractivity contribution in [3.05, 3.63) is 33.7 Å². The summed E-state index contributed by atoms with van der Waals surface area (Å²) >= 11 is 11.7. The number of pyridine rings is 1. The molecule has 0 saturated carbocycles. The molecule has 1 aromatic carbocycles. The predicted molar refractivity (Wildman–Crippen MR) is 77.1 cm³/mol. The standard InChI is InChI=1S/C13H7Cl2FN2O4/c14-5-2-1-4(11-12(5)22-3-21-11)9-7(16)8(17)6(15)10(18-9)13(19)20/h1-2H,3H2,(H2,17,18)(H,19,20). The Morgan fingerprint density at radius 1 is 1.32 bits per heavy atom. The number of nitrogens with zero attached hydrogens (tertiary/aromatic N) is 1. The maximum Gasteiger partial charge on any atom is 0.356 e. The van der Waals surface area contributed by atoms with E-state index in [1.54, 1.807) is 0 Å². The molecule has 0 atom stereocenters. The summed E-state index contributed by atoms with van der Waals surface area (Å²) in [5.74, 6) is -1.99. The van der Waals surface area contributed by atoms with Crippen molar-refractivity contribution in [2.75, 3.05) is 12.5 Å². The third-order valence-electron chi connectivity index (χ3n) is 3.04. The molecule has 1 aliphatic rings. The van der Waals surface area contributed by atoms with Crippen molar-refractivity contribution in [1.82, 2.24) is 4.98 Å². The van der Waals surface area contributed by atoms with Crippen molar-refractivity contribution >= 4 is 34.9 Å². The fraction of sp³-hybridized carbons (Fsp3) is 0.0769. The molecule has 3 rings (SSSR count). The molecule has 0 fully saturated rings. The number of anilines is 1. The maximum atomic E-state index is 14.4. The Bertz CT molecular complexity index is 813. The van der Waals surface area contributed by atoms with Crippen molar-refractivity contribution in [3.63, 3.8) is 0 Å². The minimum atomic E-state index is -1.43. The highest BCUT2D eigenvalue weighted by atomic mass is 35.5. The van der Waals surface area contributed by atoms with Gasteiger partial charge >= 0.3 is 5.97 Å². The number of nitrogens with two attached hydrogens (primary N) is 1. The Balaban J connectivity index is 2.30. The first-order chi connectivity index (χ1) is 10.4. The zero-order valence-electron chi connectivity index (χ0n) is 10.7. The lowest BCUT2D eigenvalue weighted by molar-refractivity contribution is 0.0690. The lowest BCUT2D eigenvalue weighted by atomic mass is 10.1. The van der Waals surface area contributed by atoms with Gasteiger partial charge in [0, 0.05) is 5.56 Å². The molecule has 0 aliphatic carbocycles. The first-order valence-corrected chi connectivity index (χ1v) is 6.63. The van der Waals surface area contributed by atoms with Gasteiger partial charge in [0.05, 0.1) is 15.7 Å².